The van der Waals surface area contributed by atoms with E-state index in [2.05, 4.69) is 41.2 Å². The summed E-state index contributed by atoms with van der Waals surface area (Å²) in [6.45, 7) is 6.64. The molecule has 0 aliphatic carbocycles. The molecule has 0 atom stereocenters. The van der Waals surface area contributed by atoms with E-state index in [-0.39, 0.29) is 5.91 Å². The van der Waals surface area contributed by atoms with Crippen LogP contribution in [-0.4, -0.2) is 62.6 Å². The third kappa shape index (κ3) is 4.33. The number of hydrogen-bond acceptors (Lipinski definition) is 6. The normalized spacial score (nSPS) is 14.2. The monoisotopic (exact) mass is 409 g/mol. The summed E-state index contributed by atoms with van der Waals surface area (Å²) in [6.07, 6.45) is 1.74. The molecule has 0 unspecified atom stereocenters. The fourth-order valence-corrected chi connectivity index (χ4v) is 4.01. The van der Waals surface area contributed by atoms with Crippen LogP contribution in [0, 0.1) is 13.8 Å². The second kappa shape index (κ2) is 8.75. The number of nitrogens with zero attached hydrogens (tertiary/aromatic N) is 5. The molecule has 1 saturated heterocycles. The van der Waals surface area contributed by atoms with E-state index in [4.69, 9.17) is 4.74 Å². The Labute approximate surface area is 174 Å². The SMILES string of the molecule is Cc1ccc(-n2c(SCC(=O)N3CCOCC3)nnc2-c2ccccn2)cc1C. The highest BCUT2D eigenvalue weighted by atomic mass is 32.2. The van der Waals surface area contributed by atoms with Gasteiger partial charge in [-0.05, 0) is 49.2 Å². The van der Waals surface area contributed by atoms with Crippen molar-refractivity contribution in [2.75, 3.05) is 32.1 Å². The van der Waals surface area contributed by atoms with Gasteiger partial charge in [-0.2, -0.15) is 0 Å². The van der Waals surface area contributed by atoms with Gasteiger partial charge in [-0.25, -0.2) is 0 Å². The number of amides is 1. The molecule has 1 aliphatic rings. The van der Waals surface area contributed by atoms with Gasteiger partial charge in [-0.1, -0.05) is 23.9 Å². The Balaban J connectivity index is 1.65. The molecule has 8 heteroatoms. The third-order valence-corrected chi connectivity index (χ3v) is 5.88. The zero-order valence-electron chi connectivity index (χ0n) is 16.5. The number of pyridine rings is 1. The van der Waals surface area contributed by atoms with E-state index in [9.17, 15) is 4.79 Å². The van der Waals surface area contributed by atoms with Crippen molar-refractivity contribution >= 4 is 17.7 Å². The fraction of sp³-hybridized carbons (Fsp3) is 0.333. The Hall–Kier alpha value is -2.71. The molecule has 0 N–H and O–H groups in total. The van der Waals surface area contributed by atoms with Crippen molar-refractivity contribution in [1.82, 2.24) is 24.6 Å². The minimum absolute atomic E-state index is 0.0901. The minimum atomic E-state index is 0.0901. The van der Waals surface area contributed by atoms with E-state index >= 15 is 0 Å². The Morgan fingerprint density at radius 2 is 1.93 bits per heavy atom. The van der Waals surface area contributed by atoms with Crippen LogP contribution in [0.4, 0.5) is 0 Å². The number of hydrogen-bond donors (Lipinski definition) is 0. The number of aryl methyl sites for hydroxylation is 2. The Bertz CT molecular complexity index is 1000. The van der Waals surface area contributed by atoms with E-state index in [0.717, 1.165) is 11.4 Å². The molecule has 1 fully saturated rings. The molecule has 150 valence electrons. The molecular formula is C21H23N5O2S. The van der Waals surface area contributed by atoms with Crippen LogP contribution in [0.5, 0.6) is 0 Å². The molecule has 0 radical (unpaired) electrons. The van der Waals surface area contributed by atoms with E-state index in [1.807, 2.05) is 33.7 Å². The first kappa shape index (κ1) is 19.6. The average Bonchev–Trinajstić information content (AvgIpc) is 3.19. The van der Waals surface area contributed by atoms with Gasteiger partial charge >= 0.3 is 0 Å². The third-order valence-electron chi connectivity index (χ3n) is 4.96. The highest BCUT2D eigenvalue weighted by Gasteiger charge is 2.21. The average molecular weight is 410 g/mol. The van der Waals surface area contributed by atoms with Gasteiger partial charge in [0.1, 0.15) is 5.69 Å². The van der Waals surface area contributed by atoms with Gasteiger partial charge in [-0.15, -0.1) is 10.2 Å². The molecule has 0 saturated carbocycles. The molecule has 3 heterocycles. The van der Waals surface area contributed by atoms with Gasteiger partial charge in [-0.3, -0.25) is 14.3 Å². The number of carbonyl (C=O) groups excluding carboxylic acids is 1. The summed E-state index contributed by atoms with van der Waals surface area (Å²) in [5.41, 5.74) is 4.10. The van der Waals surface area contributed by atoms with E-state index in [0.29, 0.717) is 43.0 Å². The van der Waals surface area contributed by atoms with E-state index in [1.165, 1.54) is 22.9 Å². The Kier molecular flexibility index (Phi) is 5.92. The van der Waals surface area contributed by atoms with E-state index < -0.39 is 0 Å². The van der Waals surface area contributed by atoms with Crippen LogP contribution < -0.4 is 0 Å². The van der Waals surface area contributed by atoms with Crippen molar-refractivity contribution in [2.24, 2.45) is 0 Å². The summed E-state index contributed by atoms with van der Waals surface area (Å²) < 4.78 is 7.31. The van der Waals surface area contributed by atoms with Gasteiger partial charge in [0.25, 0.3) is 0 Å². The lowest BCUT2D eigenvalue weighted by molar-refractivity contribution is -0.132. The van der Waals surface area contributed by atoms with Crippen LogP contribution in [0.3, 0.4) is 0 Å². The summed E-state index contributed by atoms with van der Waals surface area (Å²) in [7, 11) is 0. The smallest absolute Gasteiger partial charge is 0.233 e. The van der Waals surface area contributed by atoms with Gasteiger partial charge < -0.3 is 9.64 Å². The molecule has 1 amide bonds. The number of thioether (sulfide) groups is 1. The zero-order chi connectivity index (χ0) is 20.2. The van der Waals surface area contributed by atoms with Gasteiger partial charge in [0.15, 0.2) is 11.0 Å². The van der Waals surface area contributed by atoms with Gasteiger partial charge in [0.05, 0.1) is 24.7 Å². The van der Waals surface area contributed by atoms with Crippen molar-refractivity contribution in [1.29, 1.82) is 0 Å². The quantitative estimate of drug-likeness (QED) is 0.604. The summed E-state index contributed by atoms with van der Waals surface area (Å²) in [5, 5.41) is 9.45. The first-order valence-corrected chi connectivity index (χ1v) is 10.5. The predicted octanol–water partition coefficient (Wildman–Crippen LogP) is 2.90. The number of benzene rings is 1. The van der Waals surface area contributed by atoms with Crippen molar-refractivity contribution in [3.05, 3.63) is 53.7 Å². The molecule has 4 rings (SSSR count). The second-order valence-electron chi connectivity index (χ2n) is 6.91. The van der Waals surface area contributed by atoms with Crippen LogP contribution in [-0.2, 0) is 9.53 Å². The molecule has 2 aromatic heterocycles. The number of carbonyl (C=O) groups is 1. The predicted molar refractivity (Wildman–Crippen MR) is 112 cm³/mol. The van der Waals surface area contributed by atoms with Crippen LogP contribution in [0.2, 0.25) is 0 Å². The van der Waals surface area contributed by atoms with Gasteiger partial charge in [0.2, 0.25) is 5.91 Å². The van der Waals surface area contributed by atoms with Crippen molar-refractivity contribution in [3.8, 4) is 17.2 Å². The summed E-state index contributed by atoms with van der Waals surface area (Å²) in [6, 6.07) is 12.0. The first-order chi connectivity index (χ1) is 14.1. The zero-order valence-corrected chi connectivity index (χ0v) is 17.4. The standard InChI is InChI=1S/C21H23N5O2S/c1-15-6-7-17(13-16(15)2)26-20(18-5-3-4-8-22-18)23-24-21(26)29-14-19(27)25-9-11-28-12-10-25/h3-8,13H,9-12,14H2,1-2H3. The van der Waals surface area contributed by atoms with Crippen molar-refractivity contribution < 1.29 is 9.53 Å². The minimum Gasteiger partial charge on any atom is -0.378 e. The van der Waals surface area contributed by atoms with E-state index in [1.54, 1.807) is 6.20 Å². The number of ether oxygens (including phenoxy) is 1. The maximum Gasteiger partial charge on any atom is 0.233 e. The van der Waals surface area contributed by atoms with Crippen molar-refractivity contribution in [3.63, 3.8) is 0 Å². The lowest BCUT2D eigenvalue weighted by atomic mass is 10.1. The Morgan fingerprint density at radius 3 is 2.66 bits per heavy atom. The molecule has 3 aromatic rings. The lowest BCUT2D eigenvalue weighted by Gasteiger charge is -2.26. The maximum atomic E-state index is 12.6. The molecule has 0 spiro atoms. The second-order valence-corrected chi connectivity index (χ2v) is 7.85. The van der Waals surface area contributed by atoms with Crippen LogP contribution in [0.1, 0.15) is 11.1 Å². The molecule has 1 aliphatic heterocycles. The van der Waals surface area contributed by atoms with Crippen LogP contribution in [0.15, 0.2) is 47.8 Å². The van der Waals surface area contributed by atoms with Crippen molar-refractivity contribution in [2.45, 2.75) is 19.0 Å². The highest BCUT2D eigenvalue weighted by molar-refractivity contribution is 7.99. The van der Waals surface area contributed by atoms with Crippen LogP contribution >= 0.6 is 11.8 Å². The molecule has 0 bridgehead atoms. The van der Waals surface area contributed by atoms with Crippen LogP contribution in [0.25, 0.3) is 17.2 Å². The Morgan fingerprint density at radius 1 is 1.10 bits per heavy atom. The van der Waals surface area contributed by atoms with Gasteiger partial charge in [0, 0.05) is 19.3 Å². The topological polar surface area (TPSA) is 73.1 Å². The highest BCUT2D eigenvalue weighted by Crippen LogP contribution is 2.28. The maximum absolute atomic E-state index is 12.6. The molecular weight excluding hydrogens is 386 g/mol. The first-order valence-electron chi connectivity index (χ1n) is 9.56. The number of morpholine rings is 1. The summed E-state index contributed by atoms with van der Waals surface area (Å²) in [5.74, 6) is 1.06. The summed E-state index contributed by atoms with van der Waals surface area (Å²) in [4.78, 5) is 18.9. The number of aromatic nitrogens is 4. The summed E-state index contributed by atoms with van der Waals surface area (Å²) >= 11 is 1.40. The fourth-order valence-electron chi connectivity index (χ4n) is 3.15. The lowest BCUT2D eigenvalue weighted by Crippen LogP contribution is -2.41. The molecule has 29 heavy (non-hydrogen) atoms. The number of rotatable bonds is 5. The largest absolute Gasteiger partial charge is 0.378 e. The molecule has 7 nitrogen and oxygen atoms in total. The molecule has 1 aromatic carbocycles.